The summed E-state index contributed by atoms with van der Waals surface area (Å²) in [5.41, 5.74) is 2.26. The minimum absolute atomic E-state index is 0.797. The Bertz CT molecular complexity index is 422. The number of hydrogen-bond acceptors (Lipinski definition) is 1. The van der Waals surface area contributed by atoms with Crippen LogP contribution >= 0.6 is 31.9 Å². The summed E-state index contributed by atoms with van der Waals surface area (Å²) in [6, 6.07) is 6.26. The largest absolute Gasteiger partial charge is 0.494 e. The molecule has 0 aromatic heterocycles. The lowest BCUT2D eigenvalue weighted by molar-refractivity contribution is 0.304. The highest BCUT2D eigenvalue weighted by Gasteiger charge is 1.99. The molecule has 0 N–H and O–H groups in total. The Kier molecular flexibility index (Phi) is 10.6. The molecule has 1 nitrogen and oxygen atoms in total. The predicted octanol–water partition coefficient (Wildman–Crippen LogP) is 7.16. The summed E-state index contributed by atoms with van der Waals surface area (Å²) in [7, 11) is 0. The van der Waals surface area contributed by atoms with Crippen LogP contribution in [-0.4, -0.2) is 6.61 Å². The molecule has 21 heavy (non-hydrogen) atoms. The zero-order valence-electron chi connectivity index (χ0n) is 12.7. The van der Waals surface area contributed by atoms with E-state index >= 15 is 0 Å². The second-order valence-corrected chi connectivity index (χ2v) is 6.09. The van der Waals surface area contributed by atoms with Gasteiger partial charge in [-0.05, 0) is 57.9 Å². The Morgan fingerprint density at radius 1 is 0.857 bits per heavy atom. The lowest BCUT2D eigenvalue weighted by atomic mass is 10.1. The Morgan fingerprint density at radius 3 is 2.00 bits per heavy atom. The fourth-order valence-electron chi connectivity index (χ4n) is 2.14. The van der Waals surface area contributed by atoms with Crippen LogP contribution in [0.5, 0.6) is 5.75 Å². The summed E-state index contributed by atoms with van der Waals surface area (Å²) in [5.74, 6) is 0.937. The highest BCUT2D eigenvalue weighted by Crippen LogP contribution is 2.21. The first-order chi connectivity index (χ1) is 10.3. The molecule has 1 rings (SSSR count). The molecule has 1 aromatic rings. The maximum absolute atomic E-state index is 5.89. The van der Waals surface area contributed by atoms with Gasteiger partial charge in [0.15, 0.2) is 0 Å². The fourth-order valence-corrected chi connectivity index (χ4v) is 2.75. The van der Waals surface area contributed by atoms with E-state index in [4.69, 9.17) is 4.74 Å². The van der Waals surface area contributed by atoms with Gasteiger partial charge in [-0.2, -0.15) is 0 Å². The minimum Gasteiger partial charge on any atom is -0.494 e. The monoisotopic (exact) mass is 414 g/mol. The molecule has 0 saturated heterocycles. The van der Waals surface area contributed by atoms with Crippen LogP contribution in [0.1, 0.15) is 56.6 Å². The highest BCUT2D eigenvalue weighted by atomic mass is 79.9. The normalized spacial score (nSPS) is 11.6. The number of halogens is 2. The van der Waals surface area contributed by atoms with Crippen LogP contribution in [0.15, 0.2) is 28.2 Å². The van der Waals surface area contributed by atoms with E-state index in [1.165, 1.54) is 32.1 Å². The Balaban J connectivity index is 2.46. The summed E-state index contributed by atoms with van der Waals surface area (Å²) in [6.45, 7) is 3.04. The lowest BCUT2D eigenvalue weighted by Gasteiger charge is -2.08. The molecule has 0 spiro atoms. The van der Waals surface area contributed by atoms with E-state index in [-0.39, 0.29) is 0 Å². The second kappa shape index (κ2) is 12.0. The molecule has 1 aromatic carbocycles. The summed E-state index contributed by atoms with van der Waals surface area (Å²) >= 11 is 6.64. The molecule has 0 heterocycles. The topological polar surface area (TPSA) is 9.23 Å². The maximum atomic E-state index is 5.89. The van der Waals surface area contributed by atoms with Gasteiger partial charge in [0.1, 0.15) is 5.75 Å². The molecule has 0 aliphatic heterocycles. The van der Waals surface area contributed by atoms with Gasteiger partial charge in [-0.25, -0.2) is 0 Å². The number of unbranched alkanes of at least 4 members (excludes halogenated alkanes) is 5. The Labute approximate surface area is 145 Å². The average Bonchev–Trinajstić information content (AvgIpc) is 2.47. The van der Waals surface area contributed by atoms with Crippen molar-refractivity contribution in [3.63, 3.8) is 0 Å². The van der Waals surface area contributed by atoms with Crippen molar-refractivity contribution in [2.75, 3.05) is 6.61 Å². The third-order valence-corrected chi connectivity index (χ3v) is 3.76. The van der Waals surface area contributed by atoms with Crippen molar-refractivity contribution in [3.05, 3.63) is 39.3 Å². The van der Waals surface area contributed by atoms with Crippen LogP contribution in [0.3, 0.4) is 0 Å². The van der Waals surface area contributed by atoms with Crippen LogP contribution in [0.2, 0.25) is 0 Å². The molecule has 0 aliphatic rings. The van der Waals surface area contributed by atoms with E-state index in [1.807, 2.05) is 22.1 Å². The first kappa shape index (κ1) is 18.5. The van der Waals surface area contributed by atoms with Crippen LogP contribution < -0.4 is 4.74 Å². The van der Waals surface area contributed by atoms with Crippen molar-refractivity contribution >= 4 is 44.0 Å². The highest BCUT2D eigenvalue weighted by molar-refractivity contribution is 9.11. The van der Waals surface area contributed by atoms with E-state index in [2.05, 4.69) is 57.0 Å². The van der Waals surface area contributed by atoms with Crippen molar-refractivity contribution in [1.82, 2.24) is 0 Å². The second-order valence-electron chi connectivity index (χ2n) is 5.04. The van der Waals surface area contributed by atoms with Crippen LogP contribution in [0.25, 0.3) is 12.2 Å². The van der Waals surface area contributed by atoms with Gasteiger partial charge in [-0.1, -0.05) is 70.9 Å². The molecule has 0 unspecified atom stereocenters. The van der Waals surface area contributed by atoms with Crippen LogP contribution in [0, 0.1) is 0 Å². The molecule has 0 aliphatic carbocycles. The van der Waals surface area contributed by atoms with Gasteiger partial charge < -0.3 is 4.74 Å². The molecular formula is C18H24Br2O. The van der Waals surface area contributed by atoms with Gasteiger partial charge in [0, 0.05) is 0 Å². The van der Waals surface area contributed by atoms with E-state index in [0.717, 1.165) is 29.9 Å². The van der Waals surface area contributed by atoms with Gasteiger partial charge in [0.25, 0.3) is 0 Å². The van der Waals surface area contributed by atoms with Crippen molar-refractivity contribution < 1.29 is 4.74 Å². The Hall–Kier alpha value is -0.540. The zero-order chi connectivity index (χ0) is 15.3. The number of hydrogen-bond donors (Lipinski definition) is 0. The van der Waals surface area contributed by atoms with E-state index in [0.29, 0.717) is 0 Å². The van der Waals surface area contributed by atoms with Crippen LogP contribution in [-0.2, 0) is 0 Å². The molecule has 0 saturated carbocycles. The zero-order valence-corrected chi connectivity index (χ0v) is 15.8. The van der Waals surface area contributed by atoms with Crippen LogP contribution in [0.4, 0.5) is 0 Å². The van der Waals surface area contributed by atoms with Gasteiger partial charge >= 0.3 is 0 Å². The van der Waals surface area contributed by atoms with Crippen molar-refractivity contribution in [2.24, 2.45) is 0 Å². The summed E-state index contributed by atoms with van der Waals surface area (Å²) in [5, 5.41) is 0. The number of rotatable bonds is 10. The van der Waals surface area contributed by atoms with Crippen molar-refractivity contribution in [3.8, 4) is 5.75 Å². The molecule has 0 atom stereocenters. The first-order valence-electron chi connectivity index (χ1n) is 7.61. The smallest absolute Gasteiger partial charge is 0.120 e. The minimum atomic E-state index is 0.797. The first-order valence-corrected chi connectivity index (χ1v) is 9.44. The third-order valence-electron chi connectivity index (χ3n) is 3.23. The summed E-state index contributed by atoms with van der Waals surface area (Å²) < 4.78 is 5.89. The van der Waals surface area contributed by atoms with Crippen molar-refractivity contribution in [1.29, 1.82) is 0 Å². The molecule has 0 fully saturated rings. The van der Waals surface area contributed by atoms with E-state index in [9.17, 15) is 0 Å². The average molecular weight is 416 g/mol. The summed E-state index contributed by atoms with van der Waals surface area (Å²) in [4.78, 5) is 3.73. The van der Waals surface area contributed by atoms with Gasteiger partial charge in [0.05, 0.1) is 6.61 Å². The molecule has 3 heteroatoms. The quantitative estimate of drug-likeness (QED) is 0.368. The SMILES string of the molecule is CCCCCCCCOc1cc(/C=C\Br)cc(/C=C\Br)c1. The predicted molar refractivity (Wildman–Crippen MR) is 101 cm³/mol. The number of benzene rings is 1. The molecule has 0 bridgehead atoms. The molecule has 116 valence electrons. The van der Waals surface area contributed by atoms with Gasteiger partial charge in [-0.3, -0.25) is 0 Å². The fraction of sp³-hybridized carbons (Fsp3) is 0.444. The molecular weight excluding hydrogens is 392 g/mol. The molecule has 0 radical (unpaired) electrons. The van der Waals surface area contributed by atoms with Gasteiger partial charge in [0.2, 0.25) is 0 Å². The van der Waals surface area contributed by atoms with E-state index < -0.39 is 0 Å². The van der Waals surface area contributed by atoms with Gasteiger partial charge in [-0.15, -0.1) is 0 Å². The third kappa shape index (κ3) is 8.47. The lowest BCUT2D eigenvalue weighted by Crippen LogP contribution is -1.98. The molecule has 0 amide bonds. The summed E-state index contributed by atoms with van der Waals surface area (Å²) in [6.07, 6.45) is 11.7. The maximum Gasteiger partial charge on any atom is 0.120 e. The Morgan fingerprint density at radius 2 is 1.43 bits per heavy atom. The standard InChI is InChI=1S/C18H24Br2O/c1-2-3-4-5-6-7-12-21-18-14-16(8-10-19)13-17(15-18)9-11-20/h8-11,13-15H,2-7,12H2,1H3/b10-8-,11-9-. The van der Waals surface area contributed by atoms with E-state index in [1.54, 1.807) is 0 Å². The number of ether oxygens (including phenoxy) is 1. The van der Waals surface area contributed by atoms with Crippen molar-refractivity contribution in [2.45, 2.75) is 45.4 Å².